The van der Waals surface area contributed by atoms with E-state index in [1.54, 1.807) is 6.07 Å². The number of aryl methyl sites for hydroxylation is 1. The molecule has 18 heavy (non-hydrogen) atoms. The Morgan fingerprint density at radius 3 is 2.17 bits per heavy atom. The Labute approximate surface area is 107 Å². The second-order valence-electron chi connectivity index (χ2n) is 4.30. The van der Waals surface area contributed by atoms with Crippen molar-refractivity contribution in [3.05, 3.63) is 53.1 Å². The van der Waals surface area contributed by atoms with Gasteiger partial charge in [-0.25, -0.2) is 0 Å². The van der Waals surface area contributed by atoms with Gasteiger partial charge in [0, 0.05) is 17.1 Å². The Balaban J connectivity index is 2.35. The molecule has 0 saturated heterocycles. The number of benzene rings is 2. The zero-order chi connectivity index (χ0) is 13.1. The molecule has 0 fully saturated rings. The van der Waals surface area contributed by atoms with Crippen molar-refractivity contribution >= 4 is 29.2 Å². The minimum Gasteiger partial charge on any atom is -0.398 e. The molecule has 0 aliphatic rings. The number of hydrogen-bond acceptors (Lipinski definition) is 3. The normalized spacial score (nSPS) is 10.9. The third kappa shape index (κ3) is 2.46. The standard InChI is InChI=1S/C15H17N3/c1-10-8-12(15(18)9-14(10)17)7-6-11-4-2-3-5-13(11)16/h2-9H,16-18H2,1H3/b7-6+. The fraction of sp³-hybridized carbons (Fsp3) is 0.0667. The number of nitrogen functional groups attached to an aromatic ring is 3. The van der Waals surface area contributed by atoms with Crippen LogP contribution in [0.5, 0.6) is 0 Å². The summed E-state index contributed by atoms with van der Waals surface area (Å²) >= 11 is 0. The van der Waals surface area contributed by atoms with E-state index < -0.39 is 0 Å². The predicted octanol–water partition coefficient (Wildman–Crippen LogP) is 2.91. The Kier molecular flexibility index (Phi) is 3.24. The summed E-state index contributed by atoms with van der Waals surface area (Å²) in [5, 5.41) is 0. The third-order valence-electron chi connectivity index (χ3n) is 2.91. The fourth-order valence-electron chi connectivity index (χ4n) is 1.75. The van der Waals surface area contributed by atoms with Crippen molar-refractivity contribution < 1.29 is 0 Å². The van der Waals surface area contributed by atoms with Crippen LogP contribution in [0.2, 0.25) is 0 Å². The molecule has 0 unspecified atom stereocenters. The fourth-order valence-corrected chi connectivity index (χ4v) is 1.75. The Morgan fingerprint density at radius 2 is 1.44 bits per heavy atom. The molecular weight excluding hydrogens is 222 g/mol. The zero-order valence-corrected chi connectivity index (χ0v) is 10.4. The maximum Gasteiger partial charge on any atom is 0.0408 e. The molecular formula is C15H17N3. The highest BCUT2D eigenvalue weighted by Crippen LogP contribution is 2.23. The van der Waals surface area contributed by atoms with Gasteiger partial charge in [-0.1, -0.05) is 30.4 Å². The number of rotatable bonds is 2. The topological polar surface area (TPSA) is 78.1 Å². The largest absolute Gasteiger partial charge is 0.398 e. The zero-order valence-electron chi connectivity index (χ0n) is 10.4. The van der Waals surface area contributed by atoms with Crippen LogP contribution in [0.4, 0.5) is 17.1 Å². The molecule has 2 rings (SSSR count). The lowest BCUT2D eigenvalue weighted by molar-refractivity contribution is 1.46. The van der Waals surface area contributed by atoms with E-state index in [9.17, 15) is 0 Å². The summed E-state index contributed by atoms with van der Waals surface area (Å²) in [5.74, 6) is 0. The van der Waals surface area contributed by atoms with Gasteiger partial charge in [0.2, 0.25) is 0 Å². The quantitative estimate of drug-likeness (QED) is 0.557. The first kappa shape index (κ1) is 12.0. The van der Waals surface area contributed by atoms with E-state index in [2.05, 4.69) is 0 Å². The first-order valence-corrected chi connectivity index (χ1v) is 5.76. The lowest BCUT2D eigenvalue weighted by atomic mass is 10.1. The van der Waals surface area contributed by atoms with Gasteiger partial charge in [0.05, 0.1) is 0 Å². The maximum atomic E-state index is 5.93. The maximum absolute atomic E-state index is 5.93. The Hall–Kier alpha value is -2.42. The number of para-hydroxylation sites is 1. The van der Waals surface area contributed by atoms with Gasteiger partial charge in [0.1, 0.15) is 0 Å². The van der Waals surface area contributed by atoms with Gasteiger partial charge in [-0.15, -0.1) is 0 Å². The SMILES string of the molecule is Cc1cc(/C=C/c2ccccc2N)c(N)cc1N. The van der Waals surface area contributed by atoms with E-state index in [4.69, 9.17) is 17.2 Å². The molecule has 0 aliphatic heterocycles. The van der Waals surface area contributed by atoms with Crippen LogP contribution in [0.25, 0.3) is 12.2 Å². The summed E-state index contributed by atoms with van der Waals surface area (Å²) in [5.41, 5.74) is 22.7. The molecule has 0 atom stereocenters. The van der Waals surface area contributed by atoms with E-state index in [1.165, 1.54) is 0 Å². The van der Waals surface area contributed by atoms with Gasteiger partial charge in [0.15, 0.2) is 0 Å². The van der Waals surface area contributed by atoms with Crippen LogP contribution in [0.1, 0.15) is 16.7 Å². The second kappa shape index (κ2) is 4.84. The lowest BCUT2D eigenvalue weighted by Crippen LogP contribution is -1.96. The molecule has 0 aromatic heterocycles. The lowest BCUT2D eigenvalue weighted by Gasteiger charge is -2.06. The van der Waals surface area contributed by atoms with E-state index >= 15 is 0 Å². The molecule has 0 saturated carbocycles. The monoisotopic (exact) mass is 239 g/mol. The summed E-state index contributed by atoms with van der Waals surface area (Å²) in [6.07, 6.45) is 3.91. The van der Waals surface area contributed by atoms with E-state index in [0.717, 1.165) is 22.4 Å². The first-order valence-electron chi connectivity index (χ1n) is 5.76. The minimum absolute atomic E-state index is 0.670. The molecule has 3 nitrogen and oxygen atoms in total. The van der Waals surface area contributed by atoms with Gasteiger partial charge in [0.25, 0.3) is 0 Å². The van der Waals surface area contributed by atoms with Crippen molar-refractivity contribution in [1.82, 2.24) is 0 Å². The van der Waals surface area contributed by atoms with E-state index in [1.807, 2.05) is 49.4 Å². The van der Waals surface area contributed by atoms with Crippen LogP contribution in [0.15, 0.2) is 36.4 Å². The predicted molar refractivity (Wildman–Crippen MR) is 79.8 cm³/mol. The minimum atomic E-state index is 0.670. The van der Waals surface area contributed by atoms with Crippen LogP contribution < -0.4 is 17.2 Å². The Morgan fingerprint density at radius 1 is 0.778 bits per heavy atom. The first-order chi connectivity index (χ1) is 8.58. The molecule has 0 amide bonds. The molecule has 0 radical (unpaired) electrons. The third-order valence-corrected chi connectivity index (χ3v) is 2.91. The summed E-state index contributed by atoms with van der Waals surface area (Å²) < 4.78 is 0. The summed E-state index contributed by atoms with van der Waals surface area (Å²) in [6.45, 7) is 1.96. The molecule has 2 aromatic rings. The van der Waals surface area contributed by atoms with Crippen LogP contribution in [0, 0.1) is 6.92 Å². The molecule has 0 aliphatic carbocycles. The van der Waals surface area contributed by atoms with Gasteiger partial charge in [-0.2, -0.15) is 0 Å². The molecule has 92 valence electrons. The second-order valence-corrected chi connectivity index (χ2v) is 4.30. The summed E-state index contributed by atoms with van der Waals surface area (Å²) in [7, 11) is 0. The van der Waals surface area contributed by atoms with Gasteiger partial charge >= 0.3 is 0 Å². The van der Waals surface area contributed by atoms with Crippen molar-refractivity contribution in [2.45, 2.75) is 6.92 Å². The molecule has 0 spiro atoms. The molecule has 0 bridgehead atoms. The van der Waals surface area contributed by atoms with Crippen LogP contribution in [0.3, 0.4) is 0 Å². The Bertz CT molecular complexity index is 601. The van der Waals surface area contributed by atoms with Crippen LogP contribution in [-0.4, -0.2) is 0 Å². The van der Waals surface area contributed by atoms with Crippen molar-refractivity contribution in [3.8, 4) is 0 Å². The highest BCUT2D eigenvalue weighted by Gasteiger charge is 2.00. The van der Waals surface area contributed by atoms with E-state index in [0.29, 0.717) is 11.4 Å². The molecule has 6 N–H and O–H groups in total. The van der Waals surface area contributed by atoms with E-state index in [-0.39, 0.29) is 0 Å². The number of anilines is 3. The smallest absolute Gasteiger partial charge is 0.0408 e. The van der Waals surface area contributed by atoms with Crippen LogP contribution in [-0.2, 0) is 0 Å². The number of nitrogens with two attached hydrogens (primary N) is 3. The van der Waals surface area contributed by atoms with Crippen molar-refractivity contribution in [1.29, 1.82) is 0 Å². The molecule has 3 heteroatoms. The van der Waals surface area contributed by atoms with Gasteiger partial charge < -0.3 is 17.2 Å². The average molecular weight is 239 g/mol. The van der Waals surface area contributed by atoms with Crippen LogP contribution >= 0.6 is 0 Å². The summed E-state index contributed by atoms with van der Waals surface area (Å²) in [6, 6.07) is 11.5. The van der Waals surface area contributed by atoms with Crippen molar-refractivity contribution in [3.63, 3.8) is 0 Å². The highest BCUT2D eigenvalue weighted by molar-refractivity contribution is 5.81. The average Bonchev–Trinajstić information content (AvgIpc) is 2.34. The molecule has 2 aromatic carbocycles. The molecule has 0 heterocycles. The number of hydrogen-bond donors (Lipinski definition) is 3. The van der Waals surface area contributed by atoms with Crippen molar-refractivity contribution in [2.24, 2.45) is 0 Å². The summed E-state index contributed by atoms with van der Waals surface area (Å²) in [4.78, 5) is 0. The highest BCUT2D eigenvalue weighted by atomic mass is 14.6. The van der Waals surface area contributed by atoms with Gasteiger partial charge in [-0.05, 0) is 41.8 Å². The van der Waals surface area contributed by atoms with Crippen molar-refractivity contribution in [2.75, 3.05) is 17.2 Å². The van der Waals surface area contributed by atoms with Gasteiger partial charge in [-0.3, -0.25) is 0 Å².